The van der Waals surface area contributed by atoms with Crippen molar-refractivity contribution in [2.24, 2.45) is 0 Å². The van der Waals surface area contributed by atoms with Crippen LogP contribution in [0, 0.1) is 13.8 Å². The first kappa shape index (κ1) is 20.2. The molecule has 0 spiro atoms. The SMILES string of the molecule is Cc1ccc(-c2csc3ncnc(Nc4ccc(OCc5ccccc5)cc4)c23)cc1C. The van der Waals surface area contributed by atoms with Gasteiger partial charge in [0.2, 0.25) is 0 Å². The molecule has 2 aromatic heterocycles. The first-order valence-corrected chi connectivity index (χ1v) is 11.4. The zero-order valence-corrected chi connectivity index (χ0v) is 18.8. The minimum absolute atomic E-state index is 0.550. The summed E-state index contributed by atoms with van der Waals surface area (Å²) in [6.07, 6.45) is 1.61. The van der Waals surface area contributed by atoms with Crippen LogP contribution in [0.4, 0.5) is 11.5 Å². The van der Waals surface area contributed by atoms with Gasteiger partial charge in [-0.15, -0.1) is 11.3 Å². The number of nitrogens with one attached hydrogen (secondary N) is 1. The summed E-state index contributed by atoms with van der Waals surface area (Å²) in [5.74, 6) is 1.64. The zero-order chi connectivity index (χ0) is 21.9. The highest BCUT2D eigenvalue weighted by Crippen LogP contribution is 2.38. The minimum Gasteiger partial charge on any atom is -0.489 e. The second kappa shape index (κ2) is 8.81. The molecule has 5 heteroatoms. The fraction of sp³-hybridized carbons (Fsp3) is 0.111. The average molecular weight is 438 g/mol. The third-order valence-electron chi connectivity index (χ3n) is 5.55. The summed E-state index contributed by atoms with van der Waals surface area (Å²) >= 11 is 1.64. The Hall–Kier alpha value is -3.70. The molecule has 32 heavy (non-hydrogen) atoms. The van der Waals surface area contributed by atoms with Crippen molar-refractivity contribution in [3.63, 3.8) is 0 Å². The maximum Gasteiger partial charge on any atom is 0.143 e. The van der Waals surface area contributed by atoms with Crippen molar-refractivity contribution in [1.82, 2.24) is 9.97 Å². The van der Waals surface area contributed by atoms with Gasteiger partial charge in [0.25, 0.3) is 0 Å². The maximum atomic E-state index is 5.90. The number of fused-ring (bicyclic) bond motifs is 1. The van der Waals surface area contributed by atoms with Crippen molar-refractivity contribution in [2.75, 3.05) is 5.32 Å². The van der Waals surface area contributed by atoms with Gasteiger partial charge in [0, 0.05) is 16.6 Å². The molecular formula is C27H23N3OS. The van der Waals surface area contributed by atoms with Crippen LogP contribution in [-0.2, 0) is 6.61 Å². The number of ether oxygens (including phenoxy) is 1. The van der Waals surface area contributed by atoms with Gasteiger partial charge in [0.1, 0.15) is 29.3 Å². The van der Waals surface area contributed by atoms with Gasteiger partial charge in [-0.2, -0.15) is 0 Å². The number of rotatable bonds is 6. The summed E-state index contributed by atoms with van der Waals surface area (Å²) in [5, 5.41) is 6.68. The van der Waals surface area contributed by atoms with Gasteiger partial charge in [-0.25, -0.2) is 9.97 Å². The zero-order valence-electron chi connectivity index (χ0n) is 18.0. The van der Waals surface area contributed by atoms with E-state index in [1.54, 1.807) is 17.7 Å². The molecule has 0 aliphatic carbocycles. The molecule has 0 unspecified atom stereocenters. The molecule has 3 aromatic carbocycles. The number of hydrogen-bond acceptors (Lipinski definition) is 5. The van der Waals surface area contributed by atoms with E-state index in [-0.39, 0.29) is 0 Å². The third-order valence-corrected chi connectivity index (χ3v) is 6.44. The van der Waals surface area contributed by atoms with Gasteiger partial charge in [0.15, 0.2) is 0 Å². The van der Waals surface area contributed by atoms with Crippen LogP contribution in [0.15, 0.2) is 84.5 Å². The minimum atomic E-state index is 0.550. The largest absolute Gasteiger partial charge is 0.489 e. The normalized spacial score (nSPS) is 10.9. The third kappa shape index (κ3) is 4.20. The van der Waals surface area contributed by atoms with Crippen molar-refractivity contribution in [3.05, 3.63) is 101 Å². The van der Waals surface area contributed by atoms with Crippen LogP contribution < -0.4 is 10.1 Å². The van der Waals surface area contributed by atoms with E-state index < -0.39 is 0 Å². The van der Waals surface area contributed by atoms with E-state index in [1.807, 2.05) is 42.5 Å². The maximum absolute atomic E-state index is 5.90. The second-order valence-corrected chi connectivity index (χ2v) is 8.63. The van der Waals surface area contributed by atoms with Crippen molar-refractivity contribution in [1.29, 1.82) is 0 Å². The van der Waals surface area contributed by atoms with Gasteiger partial charge in [-0.1, -0.05) is 48.5 Å². The number of benzene rings is 3. The Balaban J connectivity index is 1.39. The van der Waals surface area contributed by atoms with Crippen LogP contribution in [0.3, 0.4) is 0 Å². The van der Waals surface area contributed by atoms with E-state index in [1.165, 1.54) is 16.7 Å². The van der Waals surface area contributed by atoms with Crippen LogP contribution >= 0.6 is 11.3 Å². The molecule has 2 heterocycles. The highest BCUT2D eigenvalue weighted by molar-refractivity contribution is 7.17. The van der Waals surface area contributed by atoms with Gasteiger partial charge in [-0.3, -0.25) is 0 Å². The van der Waals surface area contributed by atoms with Gasteiger partial charge >= 0.3 is 0 Å². The lowest BCUT2D eigenvalue weighted by atomic mass is 10.0. The van der Waals surface area contributed by atoms with Crippen LogP contribution in [0.1, 0.15) is 16.7 Å². The molecule has 0 aliphatic heterocycles. The van der Waals surface area contributed by atoms with Gasteiger partial charge < -0.3 is 10.1 Å². The monoisotopic (exact) mass is 437 g/mol. The summed E-state index contributed by atoms with van der Waals surface area (Å²) in [5.41, 5.74) is 7.00. The molecule has 5 aromatic rings. The molecular weight excluding hydrogens is 414 g/mol. The van der Waals surface area contributed by atoms with Crippen LogP contribution in [-0.4, -0.2) is 9.97 Å². The quantitative estimate of drug-likeness (QED) is 0.303. The standard InChI is InChI=1S/C27H23N3OS/c1-18-8-9-21(14-19(18)2)24-16-32-27-25(24)26(28-17-29-27)30-22-10-12-23(13-11-22)31-15-20-6-4-3-5-7-20/h3-14,16-17H,15H2,1-2H3,(H,28,29,30). The fourth-order valence-corrected chi connectivity index (χ4v) is 4.52. The number of nitrogens with zero attached hydrogens (tertiary/aromatic N) is 2. The number of aromatic nitrogens is 2. The molecule has 0 amide bonds. The van der Waals surface area contributed by atoms with E-state index in [4.69, 9.17) is 4.74 Å². The molecule has 4 nitrogen and oxygen atoms in total. The average Bonchev–Trinajstić information content (AvgIpc) is 3.26. The molecule has 0 aliphatic rings. The Kier molecular flexibility index (Phi) is 5.57. The summed E-state index contributed by atoms with van der Waals surface area (Å²) in [4.78, 5) is 10.0. The molecule has 0 saturated heterocycles. The Morgan fingerprint density at radius 3 is 2.47 bits per heavy atom. The van der Waals surface area contributed by atoms with Crippen molar-refractivity contribution in [2.45, 2.75) is 20.5 Å². The van der Waals surface area contributed by atoms with Crippen molar-refractivity contribution >= 4 is 33.1 Å². The van der Waals surface area contributed by atoms with Crippen LogP contribution in [0.2, 0.25) is 0 Å². The molecule has 0 radical (unpaired) electrons. The predicted molar refractivity (Wildman–Crippen MR) is 133 cm³/mol. The summed E-state index contributed by atoms with van der Waals surface area (Å²) in [6, 6.07) is 24.7. The number of hydrogen-bond donors (Lipinski definition) is 1. The second-order valence-electron chi connectivity index (χ2n) is 7.77. The molecule has 5 rings (SSSR count). The topological polar surface area (TPSA) is 47.0 Å². The highest BCUT2D eigenvalue weighted by Gasteiger charge is 2.14. The Labute approximate surface area is 191 Å². The van der Waals surface area contributed by atoms with Crippen molar-refractivity contribution < 1.29 is 4.74 Å². The summed E-state index contributed by atoms with van der Waals surface area (Å²) in [7, 11) is 0. The van der Waals surface area contributed by atoms with E-state index in [0.717, 1.165) is 38.6 Å². The molecule has 158 valence electrons. The molecule has 0 saturated carbocycles. The molecule has 1 N–H and O–H groups in total. The Morgan fingerprint density at radius 2 is 1.69 bits per heavy atom. The van der Waals surface area contributed by atoms with Crippen LogP contribution in [0.5, 0.6) is 5.75 Å². The Morgan fingerprint density at radius 1 is 0.875 bits per heavy atom. The van der Waals surface area contributed by atoms with E-state index in [0.29, 0.717) is 6.61 Å². The number of aryl methyl sites for hydroxylation is 2. The van der Waals surface area contributed by atoms with E-state index in [2.05, 4.69) is 64.8 Å². The first-order chi connectivity index (χ1) is 15.7. The highest BCUT2D eigenvalue weighted by atomic mass is 32.1. The molecule has 0 bridgehead atoms. The Bertz CT molecular complexity index is 1360. The first-order valence-electron chi connectivity index (χ1n) is 10.5. The van der Waals surface area contributed by atoms with Gasteiger partial charge in [-0.05, 0) is 60.4 Å². The fourth-order valence-electron chi connectivity index (χ4n) is 3.60. The molecule has 0 fully saturated rings. The van der Waals surface area contributed by atoms with E-state index in [9.17, 15) is 0 Å². The number of thiophene rings is 1. The lowest BCUT2D eigenvalue weighted by Gasteiger charge is -2.11. The summed E-state index contributed by atoms with van der Waals surface area (Å²) < 4.78 is 5.90. The lowest BCUT2D eigenvalue weighted by molar-refractivity contribution is 0.306. The summed E-state index contributed by atoms with van der Waals surface area (Å²) in [6.45, 7) is 4.83. The van der Waals surface area contributed by atoms with Gasteiger partial charge in [0.05, 0.1) is 5.39 Å². The lowest BCUT2D eigenvalue weighted by Crippen LogP contribution is -1.97. The van der Waals surface area contributed by atoms with Crippen LogP contribution in [0.25, 0.3) is 21.3 Å². The predicted octanol–water partition coefficient (Wildman–Crippen LogP) is 7.30. The molecule has 0 atom stereocenters. The smallest absolute Gasteiger partial charge is 0.143 e. The number of anilines is 2. The van der Waals surface area contributed by atoms with Crippen molar-refractivity contribution in [3.8, 4) is 16.9 Å². The van der Waals surface area contributed by atoms with E-state index >= 15 is 0 Å².